The van der Waals surface area contributed by atoms with Crippen LogP contribution < -0.4 is 10.2 Å². The molecule has 0 unspecified atom stereocenters. The van der Waals surface area contributed by atoms with Crippen LogP contribution in [0.5, 0.6) is 0 Å². The first-order valence-corrected chi connectivity index (χ1v) is 10.1. The minimum Gasteiger partial charge on any atom is -0.366 e. The average molecular weight is 384 g/mol. The van der Waals surface area contributed by atoms with Gasteiger partial charge in [-0.15, -0.1) is 0 Å². The van der Waals surface area contributed by atoms with Gasteiger partial charge in [-0.3, -0.25) is 4.79 Å². The van der Waals surface area contributed by atoms with E-state index in [2.05, 4.69) is 54.2 Å². The second-order valence-corrected chi connectivity index (χ2v) is 8.68. The van der Waals surface area contributed by atoms with Gasteiger partial charge in [0.05, 0.1) is 17.2 Å². The lowest BCUT2D eigenvalue weighted by Gasteiger charge is -2.38. The number of nitrogens with one attached hydrogen (secondary N) is 2. The maximum atomic E-state index is 13.5. The maximum Gasteiger partial charge on any atom is 0.195 e. The molecule has 1 aliphatic heterocycles. The zero-order valence-electron chi connectivity index (χ0n) is 17.0. The lowest BCUT2D eigenvalue weighted by molar-refractivity contribution is 0.103. The Bertz CT molecular complexity index is 1200. The molecule has 1 atom stereocenters. The minimum absolute atomic E-state index is 0.0604. The van der Waals surface area contributed by atoms with Gasteiger partial charge >= 0.3 is 0 Å². The number of carbonyl (C=O) groups is 1. The van der Waals surface area contributed by atoms with Gasteiger partial charge < -0.3 is 15.2 Å². The Morgan fingerprint density at radius 1 is 1.21 bits per heavy atom. The van der Waals surface area contributed by atoms with Crippen molar-refractivity contribution in [3.05, 3.63) is 64.3 Å². The molecule has 29 heavy (non-hydrogen) atoms. The topological polar surface area (TPSA) is 71.9 Å². The first-order valence-electron chi connectivity index (χ1n) is 10.1. The van der Waals surface area contributed by atoms with Crippen molar-refractivity contribution < 1.29 is 4.79 Å². The molecule has 2 aliphatic rings. The van der Waals surface area contributed by atoms with Gasteiger partial charge in [0.25, 0.3) is 0 Å². The Kier molecular flexibility index (Phi) is 3.84. The van der Waals surface area contributed by atoms with E-state index in [1.165, 1.54) is 5.69 Å². The first kappa shape index (κ1) is 18.0. The minimum atomic E-state index is -0.336. The number of carbonyl (C=O) groups excluding carboxylic acids is 1. The van der Waals surface area contributed by atoms with E-state index in [1.54, 1.807) is 6.07 Å². The molecular weight excluding hydrogens is 360 g/mol. The normalized spacial score (nSPS) is 20.3. The summed E-state index contributed by atoms with van der Waals surface area (Å²) < 4.78 is 0. The molecule has 5 rings (SSSR count). The summed E-state index contributed by atoms with van der Waals surface area (Å²) in [5.41, 5.74) is 5.79. The van der Waals surface area contributed by atoms with E-state index in [0.717, 1.165) is 52.9 Å². The molecule has 5 nitrogen and oxygen atoms in total. The van der Waals surface area contributed by atoms with Crippen LogP contribution in [-0.2, 0) is 5.41 Å². The highest BCUT2D eigenvalue weighted by Crippen LogP contribution is 2.44. The predicted octanol–water partition coefficient (Wildman–Crippen LogP) is 3.71. The number of ketones is 1. The third kappa shape index (κ3) is 2.53. The maximum absolute atomic E-state index is 13.5. The van der Waals surface area contributed by atoms with Gasteiger partial charge in [0.15, 0.2) is 5.78 Å². The van der Waals surface area contributed by atoms with Gasteiger partial charge in [0, 0.05) is 58.9 Å². The third-order valence-corrected chi connectivity index (χ3v) is 6.53. The number of hydrogen-bond acceptors (Lipinski definition) is 4. The van der Waals surface area contributed by atoms with Crippen molar-refractivity contribution in [3.63, 3.8) is 0 Å². The lowest BCUT2D eigenvalue weighted by Crippen LogP contribution is -2.50. The Labute approximate surface area is 170 Å². The summed E-state index contributed by atoms with van der Waals surface area (Å²) in [6.07, 6.45) is 0. The van der Waals surface area contributed by atoms with E-state index in [9.17, 15) is 10.1 Å². The summed E-state index contributed by atoms with van der Waals surface area (Å²) in [4.78, 5) is 19.3. The van der Waals surface area contributed by atoms with Crippen molar-refractivity contribution in [1.29, 1.82) is 5.26 Å². The van der Waals surface area contributed by atoms with Crippen molar-refractivity contribution in [3.8, 4) is 6.07 Å². The molecule has 0 bridgehead atoms. The molecule has 0 radical (unpaired) electrons. The molecule has 1 fully saturated rings. The average Bonchev–Trinajstić information content (AvgIpc) is 3.12. The monoisotopic (exact) mass is 384 g/mol. The number of rotatable bonds is 1. The molecule has 0 spiro atoms. The number of aromatic amines is 1. The highest BCUT2D eigenvalue weighted by molar-refractivity contribution is 6.20. The van der Waals surface area contributed by atoms with E-state index < -0.39 is 0 Å². The number of fused-ring (bicyclic) bond motifs is 4. The van der Waals surface area contributed by atoms with E-state index in [4.69, 9.17) is 0 Å². The molecule has 2 heterocycles. The van der Waals surface area contributed by atoms with Crippen molar-refractivity contribution in [1.82, 2.24) is 10.3 Å². The van der Waals surface area contributed by atoms with Crippen molar-refractivity contribution in [2.24, 2.45) is 0 Å². The van der Waals surface area contributed by atoms with Gasteiger partial charge in [-0.1, -0.05) is 19.9 Å². The fourth-order valence-corrected chi connectivity index (χ4v) is 4.89. The van der Waals surface area contributed by atoms with Gasteiger partial charge in [-0.05, 0) is 42.8 Å². The molecule has 0 amide bonds. The highest BCUT2D eigenvalue weighted by atomic mass is 16.1. The zero-order chi connectivity index (χ0) is 20.3. The van der Waals surface area contributed by atoms with Crippen LogP contribution in [0.1, 0.15) is 53.5 Å². The summed E-state index contributed by atoms with van der Waals surface area (Å²) in [5, 5.41) is 13.6. The molecule has 5 heteroatoms. The van der Waals surface area contributed by atoms with Gasteiger partial charge in [0.2, 0.25) is 0 Å². The Morgan fingerprint density at radius 3 is 2.79 bits per heavy atom. The van der Waals surface area contributed by atoms with Crippen LogP contribution >= 0.6 is 0 Å². The number of benzene rings is 2. The smallest absolute Gasteiger partial charge is 0.195 e. The Hall–Kier alpha value is -3.10. The third-order valence-electron chi connectivity index (χ3n) is 6.53. The summed E-state index contributed by atoms with van der Waals surface area (Å²) in [5.74, 6) is 0.0604. The van der Waals surface area contributed by atoms with Crippen molar-refractivity contribution >= 4 is 22.4 Å². The number of anilines is 1. The van der Waals surface area contributed by atoms with Gasteiger partial charge in [-0.25, -0.2) is 0 Å². The number of nitriles is 1. The molecule has 2 aromatic carbocycles. The fraction of sp³-hybridized carbons (Fsp3) is 0.333. The van der Waals surface area contributed by atoms with E-state index in [1.807, 2.05) is 18.2 Å². The SMILES string of the molecule is C[C@H]1CNCCN1c1ccc2c(c1)C(C)(C)c1[nH]c3cc(C#N)ccc3c1C2=O. The standard InChI is InChI=1S/C24H24N4O/c1-14-13-26-8-9-28(14)16-5-7-17-19(11-16)24(2,3)23-21(22(17)29)18-6-4-15(12-25)10-20(18)27-23/h4-7,10-11,14,26-27H,8-9,13H2,1-3H3/t14-/m0/s1. The van der Waals surface area contributed by atoms with Crippen molar-refractivity contribution in [2.75, 3.05) is 24.5 Å². The molecule has 2 N–H and O–H groups in total. The molecule has 1 saturated heterocycles. The van der Waals surface area contributed by atoms with Crippen LogP contribution in [0.15, 0.2) is 36.4 Å². The fourth-order valence-electron chi connectivity index (χ4n) is 4.89. The van der Waals surface area contributed by atoms with Crippen LogP contribution in [0.2, 0.25) is 0 Å². The Morgan fingerprint density at radius 2 is 2.03 bits per heavy atom. The quantitative estimate of drug-likeness (QED) is 0.671. The number of H-pyrrole nitrogens is 1. The molecule has 0 saturated carbocycles. The first-order chi connectivity index (χ1) is 13.9. The van der Waals surface area contributed by atoms with Crippen molar-refractivity contribution in [2.45, 2.75) is 32.2 Å². The van der Waals surface area contributed by atoms with Crippen LogP contribution in [0.3, 0.4) is 0 Å². The molecule has 146 valence electrons. The predicted molar refractivity (Wildman–Crippen MR) is 115 cm³/mol. The summed E-state index contributed by atoms with van der Waals surface area (Å²) >= 11 is 0. The summed E-state index contributed by atoms with van der Waals surface area (Å²) in [6.45, 7) is 9.46. The summed E-state index contributed by atoms with van der Waals surface area (Å²) in [7, 11) is 0. The Balaban J connectivity index is 1.68. The van der Waals surface area contributed by atoms with E-state index >= 15 is 0 Å². The number of aromatic nitrogens is 1. The van der Waals surface area contributed by atoms with E-state index in [-0.39, 0.29) is 11.2 Å². The zero-order valence-corrected chi connectivity index (χ0v) is 17.0. The number of hydrogen-bond donors (Lipinski definition) is 2. The lowest BCUT2D eigenvalue weighted by atomic mass is 9.71. The van der Waals surface area contributed by atoms with Crippen LogP contribution in [-0.4, -0.2) is 36.4 Å². The van der Waals surface area contributed by atoms with Gasteiger partial charge in [-0.2, -0.15) is 5.26 Å². The van der Waals surface area contributed by atoms with Crippen LogP contribution in [0.25, 0.3) is 10.9 Å². The molecule has 1 aliphatic carbocycles. The largest absolute Gasteiger partial charge is 0.366 e. The second-order valence-electron chi connectivity index (χ2n) is 8.68. The molecule has 1 aromatic heterocycles. The highest BCUT2D eigenvalue weighted by Gasteiger charge is 2.40. The van der Waals surface area contributed by atoms with E-state index in [0.29, 0.717) is 11.6 Å². The second kappa shape index (κ2) is 6.20. The number of nitrogens with zero attached hydrogens (tertiary/aromatic N) is 2. The van der Waals surface area contributed by atoms with Crippen LogP contribution in [0, 0.1) is 11.3 Å². The molecule has 3 aromatic rings. The summed E-state index contributed by atoms with van der Waals surface area (Å²) in [6, 6.07) is 14.4. The van der Waals surface area contributed by atoms with Gasteiger partial charge in [0.1, 0.15) is 0 Å². The molecular formula is C24H24N4O. The van der Waals surface area contributed by atoms with Crippen LogP contribution in [0.4, 0.5) is 5.69 Å². The number of piperazine rings is 1.